The minimum absolute atomic E-state index is 0.00124. The third-order valence-electron chi connectivity index (χ3n) is 6.29. The molecule has 3 aliphatic rings. The van der Waals surface area contributed by atoms with Crippen LogP contribution in [0, 0.1) is 11.8 Å². The summed E-state index contributed by atoms with van der Waals surface area (Å²) >= 11 is 0. The maximum absolute atomic E-state index is 12.7. The van der Waals surface area contributed by atoms with Crippen LogP contribution in [0.3, 0.4) is 0 Å². The Labute approximate surface area is 177 Å². The van der Waals surface area contributed by atoms with Gasteiger partial charge >= 0.3 is 0 Å². The number of para-hydroxylation sites is 2. The average Bonchev–Trinajstić information content (AvgIpc) is 3.03. The Morgan fingerprint density at radius 2 is 1.63 bits per heavy atom. The molecule has 160 valence electrons. The van der Waals surface area contributed by atoms with Crippen LogP contribution in [0.5, 0.6) is 5.75 Å². The van der Waals surface area contributed by atoms with Gasteiger partial charge in [0.05, 0.1) is 24.1 Å². The number of rotatable bonds is 6. The Hall–Kier alpha value is -2.83. The fraction of sp³-hybridized carbons (Fsp3) is 0.522. The maximum Gasteiger partial charge on any atom is 0.233 e. The predicted molar refractivity (Wildman–Crippen MR) is 113 cm³/mol. The summed E-state index contributed by atoms with van der Waals surface area (Å²) in [5, 5.41) is 0. The van der Waals surface area contributed by atoms with Crippen LogP contribution in [0.25, 0.3) is 0 Å². The van der Waals surface area contributed by atoms with Gasteiger partial charge in [0.1, 0.15) is 5.75 Å². The maximum atomic E-state index is 12.7. The van der Waals surface area contributed by atoms with Gasteiger partial charge in [-0.1, -0.05) is 24.3 Å². The first-order valence-electron chi connectivity index (χ1n) is 10.8. The highest BCUT2D eigenvalue weighted by molar-refractivity contribution is 6.05. The van der Waals surface area contributed by atoms with Crippen LogP contribution in [0.2, 0.25) is 0 Å². The normalized spacial score (nSPS) is 23.7. The summed E-state index contributed by atoms with van der Waals surface area (Å²) in [6.07, 6.45) is 5.41. The first-order chi connectivity index (χ1) is 14.6. The van der Waals surface area contributed by atoms with E-state index in [-0.39, 0.29) is 42.5 Å². The lowest BCUT2D eigenvalue weighted by Crippen LogP contribution is -2.49. The fourth-order valence-corrected chi connectivity index (χ4v) is 4.65. The van der Waals surface area contributed by atoms with Gasteiger partial charge < -0.3 is 14.5 Å². The average molecular weight is 412 g/mol. The molecule has 0 saturated carbocycles. The van der Waals surface area contributed by atoms with Gasteiger partial charge in [0, 0.05) is 39.1 Å². The zero-order valence-corrected chi connectivity index (χ0v) is 17.5. The fourth-order valence-electron chi connectivity index (χ4n) is 4.65. The number of nitrogens with zero attached hydrogens (tertiary/aromatic N) is 3. The Bertz CT molecular complexity index is 819. The van der Waals surface area contributed by atoms with Crippen molar-refractivity contribution in [2.45, 2.75) is 26.2 Å². The van der Waals surface area contributed by atoms with Gasteiger partial charge in [-0.25, -0.2) is 0 Å². The summed E-state index contributed by atoms with van der Waals surface area (Å²) < 4.78 is 5.72. The van der Waals surface area contributed by atoms with Crippen LogP contribution in [-0.4, -0.2) is 66.9 Å². The van der Waals surface area contributed by atoms with Crippen molar-refractivity contribution in [3.05, 3.63) is 36.4 Å². The molecule has 0 aromatic heterocycles. The molecule has 0 spiro atoms. The lowest BCUT2D eigenvalue weighted by Gasteiger charge is -2.37. The Kier molecular flexibility index (Phi) is 6.06. The Morgan fingerprint density at radius 3 is 2.27 bits per heavy atom. The van der Waals surface area contributed by atoms with Gasteiger partial charge in [-0.15, -0.1) is 0 Å². The van der Waals surface area contributed by atoms with Crippen molar-refractivity contribution in [3.8, 4) is 5.75 Å². The molecule has 0 radical (unpaired) electrons. The number of carbonyl (C=O) groups is 3. The van der Waals surface area contributed by atoms with E-state index < -0.39 is 0 Å². The Balaban J connectivity index is 1.29. The molecule has 2 fully saturated rings. The molecule has 4 rings (SSSR count). The van der Waals surface area contributed by atoms with Crippen molar-refractivity contribution in [1.82, 2.24) is 9.80 Å². The van der Waals surface area contributed by atoms with E-state index in [4.69, 9.17) is 4.74 Å². The number of benzene rings is 1. The van der Waals surface area contributed by atoms with E-state index in [1.807, 2.05) is 48.2 Å². The summed E-state index contributed by atoms with van der Waals surface area (Å²) in [7, 11) is 0. The number of ether oxygens (including phenoxy) is 1. The lowest BCUT2D eigenvalue weighted by atomic mass is 9.85. The molecule has 7 heteroatoms. The highest BCUT2D eigenvalue weighted by Gasteiger charge is 2.47. The molecule has 1 aliphatic carbocycles. The minimum Gasteiger partial charge on any atom is -0.492 e. The third-order valence-corrected chi connectivity index (χ3v) is 6.29. The van der Waals surface area contributed by atoms with Crippen LogP contribution in [0.15, 0.2) is 36.4 Å². The highest BCUT2D eigenvalue weighted by Crippen LogP contribution is 2.35. The zero-order chi connectivity index (χ0) is 21.1. The Morgan fingerprint density at radius 1 is 1.00 bits per heavy atom. The number of anilines is 1. The van der Waals surface area contributed by atoms with Gasteiger partial charge in [0.15, 0.2) is 0 Å². The number of piperazine rings is 1. The topological polar surface area (TPSA) is 70.2 Å². The molecule has 0 unspecified atom stereocenters. The smallest absolute Gasteiger partial charge is 0.233 e. The highest BCUT2D eigenvalue weighted by atomic mass is 16.5. The monoisotopic (exact) mass is 411 g/mol. The predicted octanol–water partition coefficient (Wildman–Crippen LogP) is 2.08. The van der Waals surface area contributed by atoms with Gasteiger partial charge in [0.2, 0.25) is 17.7 Å². The molecule has 0 N–H and O–H groups in total. The van der Waals surface area contributed by atoms with E-state index in [0.29, 0.717) is 32.5 Å². The second kappa shape index (κ2) is 8.90. The molecule has 3 amide bonds. The van der Waals surface area contributed by atoms with Gasteiger partial charge in [-0.05, 0) is 31.9 Å². The third kappa shape index (κ3) is 3.93. The molecule has 2 heterocycles. The molecule has 2 saturated heterocycles. The summed E-state index contributed by atoms with van der Waals surface area (Å²) in [6.45, 7) is 5.47. The van der Waals surface area contributed by atoms with E-state index in [9.17, 15) is 14.4 Å². The van der Waals surface area contributed by atoms with Crippen molar-refractivity contribution in [1.29, 1.82) is 0 Å². The molecule has 0 bridgehead atoms. The second-order valence-electron chi connectivity index (χ2n) is 8.00. The quantitative estimate of drug-likeness (QED) is 0.530. The molecule has 2 aliphatic heterocycles. The minimum atomic E-state index is -0.230. The number of amides is 3. The van der Waals surface area contributed by atoms with E-state index in [0.717, 1.165) is 24.5 Å². The van der Waals surface area contributed by atoms with E-state index in [2.05, 4.69) is 4.90 Å². The van der Waals surface area contributed by atoms with E-state index >= 15 is 0 Å². The number of carbonyl (C=O) groups excluding carboxylic acids is 3. The number of likely N-dealkylation sites (tertiary alicyclic amines) is 1. The molecule has 7 nitrogen and oxygen atoms in total. The van der Waals surface area contributed by atoms with Crippen molar-refractivity contribution in [2.75, 3.05) is 44.2 Å². The SMILES string of the molecule is CCOc1ccccc1N1CCN(C(=O)CCN2C(=O)[C@@H]3CC=CC[C@H]3C2=O)CC1. The molecular weight excluding hydrogens is 382 g/mol. The molecule has 2 atom stereocenters. The van der Waals surface area contributed by atoms with Crippen LogP contribution in [0.1, 0.15) is 26.2 Å². The van der Waals surface area contributed by atoms with Crippen molar-refractivity contribution >= 4 is 23.4 Å². The molecule has 1 aromatic carbocycles. The summed E-state index contributed by atoms with van der Waals surface area (Å²) in [5.41, 5.74) is 1.05. The number of hydrogen-bond donors (Lipinski definition) is 0. The summed E-state index contributed by atoms with van der Waals surface area (Å²) in [5.74, 6) is 0.181. The number of allylic oxidation sites excluding steroid dienone is 2. The second-order valence-corrected chi connectivity index (χ2v) is 8.00. The van der Waals surface area contributed by atoms with Crippen LogP contribution in [0.4, 0.5) is 5.69 Å². The van der Waals surface area contributed by atoms with Gasteiger partial charge in [0.25, 0.3) is 0 Å². The molecule has 1 aromatic rings. The zero-order valence-electron chi connectivity index (χ0n) is 17.5. The lowest BCUT2D eigenvalue weighted by molar-refractivity contribution is -0.140. The van der Waals surface area contributed by atoms with E-state index in [1.54, 1.807) is 0 Å². The molecule has 30 heavy (non-hydrogen) atoms. The van der Waals surface area contributed by atoms with Crippen LogP contribution < -0.4 is 9.64 Å². The molecular formula is C23H29N3O4. The van der Waals surface area contributed by atoms with Crippen LogP contribution >= 0.6 is 0 Å². The number of hydrogen-bond acceptors (Lipinski definition) is 5. The number of fused-ring (bicyclic) bond motifs is 1. The summed E-state index contributed by atoms with van der Waals surface area (Å²) in [4.78, 5) is 43.2. The number of imide groups is 1. The standard InChI is InChI=1S/C23H29N3O4/c1-2-30-20-10-6-5-9-19(20)24-13-15-25(16-14-24)21(27)11-12-26-22(28)17-7-3-4-8-18(17)23(26)29/h3-6,9-10,17-18H,2,7-8,11-16H2,1H3/t17-,18-/m1/s1. The first-order valence-corrected chi connectivity index (χ1v) is 10.8. The van der Waals surface area contributed by atoms with Crippen molar-refractivity contribution < 1.29 is 19.1 Å². The van der Waals surface area contributed by atoms with Crippen LogP contribution in [-0.2, 0) is 14.4 Å². The summed E-state index contributed by atoms with van der Waals surface area (Å²) in [6, 6.07) is 7.96. The van der Waals surface area contributed by atoms with Gasteiger partial charge in [-0.3, -0.25) is 19.3 Å². The van der Waals surface area contributed by atoms with E-state index in [1.165, 1.54) is 4.90 Å². The largest absolute Gasteiger partial charge is 0.492 e. The van der Waals surface area contributed by atoms with Crippen molar-refractivity contribution in [3.63, 3.8) is 0 Å². The van der Waals surface area contributed by atoms with Gasteiger partial charge in [-0.2, -0.15) is 0 Å². The first kappa shape index (κ1) is 20.4. The van der Waals surface area contributed by atoms with Crippen molar-refractivity contribution in [2.24, 2.45) is 11.8 Å².